The van der Waals surface area contributed by atoms with Crippen LogP contribution in [0, 0.1) is 5.92 Å². The van der Waals surface area contributed by atoms with E-state index in [1.54, 1.807) is 0 Å². The van der Waals surface area contributed by atoms with Crippen LogP contribution in [0.2, 0.25) is 0 Å². The second kappa shape index (κ2) is 6.75. The van der Waals surface area contributed by atoms with Crippen LogP contribution in [0.1, 0.15) is 43.7 Å². The number of hydrogen-bond donors (Lipinski definition) is 1. The van der Waals surface area contributed by atoms with Gasteiger partial charge in [0.1, 0.15) is 5.75 Å². The maximum Gasteiger partial charge on any atom is 0.261 e. The molecule has 1 amide bonds. The molecule has 130 valence electrons. The quantitative estimate of drug-likeness (QED) is 0.903. The normalized spacial score (nSPS) is 29.1. The molecule has 1 aromatic rings. The highest BCUT2D eigenvalue weighted by Gasteiger charge is 2.36. The summed E-state index contributed by atoms with van der Waals surface area (Å²) in [7, 11) is 0. The average molecular weight is 328 g/mol. The zero-order valence-electron chi connectivity index (χ0n) is 14.6. The molecule has 0 aromatic heterocycles. The van der Waals surface area contributed by atoms with Crippen molar-refractivity contribution in [3.8, 4) is 5.75 Å². The SMILES string of the molecule is CCC(Oc1ccc2c(c1)CCC2)C(=O)NC1CN2CCC1CC2. The minimum Gasteiger partial charge on any atom is -0.481 e. The summed E-state index contributed by atoms with van der Waals surface area (Å²) in [5.41, 5.74) is 2.83. The summed E-state index contributed by atoms with van der Waals surface area (Å²) in [6.07, 6.45) is 6.28. The summed E-state index contributed by atoms with van der Waals surface area (Å²) in [6, 6.07) is 6.62. The topological polar surface area (TPSA) is 41.6 Å². The van der Waals surface area contributed by atoms with E-state index in [9.17, 15) is 4.79 Å². The van der Waals surface area contributed by atoms with Gasteiger partial charge in [0.2, 0.25) is 0 Å². The Labute approximate surface area is 144 Å². The fourth-order valence-corrected chi connectivity index (χ4v) is 4.51. The van der Waals surface area contributed by atoms with Crippen molar-refractivity contribution in [2.75, 3.05) is 19.6 Å². The predicted molar refractivity (Wildman–Crippen MR) is 94.3 cm³/mol. The first-order valence-corrected chi connectivity index (χ1v) is 9.54. The van der Waals surface area contributed by atoms with Crippen molar-refractivity contribution in [2.45, 2.75) is 57.6 Å². The molecular formula is C20H28N2O2. The molecule has 1 aliphatic carbocycles. The van der Waals surface area contributed by atoms with Gasteiger partial charge in [0, 0.05) is 12.6 Å². The lowest BCUT2D eigenvalue weighted by Gasteiger charge is -2.45. The van der Waals surface area contributed by atoms with E-state index in [2.05, 4.69) is 22.3 Å². The third kappa shape index (κ3) is 3.16. The van der Waals surface area contributed by atoms with Crippen LogP contribution in [-0.2, 0) is 17.6 Å². The van der Waals surface area contributed by atoms with E-state index >= 15 is 0 Å². The molecule has 3 heterocycles. The Balaban J connectivity index is 1.39. The van der Waals surface area contributed by atoms with Gasteiger partial charge in [0.05, 0.1) is 0 Å². The van der Waals surface area contributed by atoms with Gasteiger partial charge in [-0.15, -0.1) is 0 Å². The molecule has 1 aromatic carbocycles. The van der Waals surface area contributed by atoms with E-state index in [1.807, 2.05) is 13.0 Å². The maximum absolute atomic E-state index is 12.7. The highest BCUT2D eigenvalue weighted by atomic mass is 16.5. The lowest BCUT2D eigenvalue weighted by Crippen LogP contribution is -2.58. The number of benzene rings is 1. The van der Waals surface area contributed by atoms with Crippen LogP contribution in [0.4, 0.5) is 0 Å². The Bertz CT molecular complexity index is 608. The minimum atomic E-state index is -0.389. The number of piperidine rings is 3. The molecule has 1 N–H and O–H groups in total. The number of rotatable bonds is 5. The van der Waals surface area contributed by atoms with Crippen LogP contribution < -0.4 is 10.1 Å². The van der Waals surface area contributed by atoms with Gasteiger partial charge in [-0.3, -0.25) is 4.79 Å². The van der Waals surface area contributed by atoms with Gasteiger partial charge in [-0.2, -0.15) is 0 Å². The third-order valence-corrected chi connectivity index (χ3v) is 6.00. The number of hydrogen-bond acceptors (Lipinski definition) is 3. The van der Waals surface area contributed by atoms with Crippen LogP contribution in [0.3, 0.4) is 0 Å². The van der Waals surface area contributed by atoms with Gasteiger partial charge in [-0.25, -0.2) is 0 Å². The van der Waals surface area contributed by atoms with Crippen molar-refractivity contribution in [2.24, 2.45) is 5.92 Å². The molecule has 2 atom stereocenters. The van der Waals surface area contributed by atoms with Gasteiger partial charge in [-0.05, 0) is 80.8 Å². The average Bonchev–Trinajstić information content (AvgIpc) is 3.08. The van der Waals surface area contributed by atoms with Crippen molar-refractivity contribution in [1.82, 2.24) is 10.2 Å². The Hall–Kier alpha value is -1.55. The highest BCUT2D eigenvalue weighted by molar-refractivity contribution is 5.81. The fourth-order valence-electron chi connectivity index (χ4n) is 4.51. The van der Waals surface area contributed by atoms with Crippen LogP contribution >= 0.6 is 0 Å². The third-order valence-electron chi connectivity index (χ3n) is 6.00. The summed E-state index contributed by atoms with van der Waals surface area (Å²) in [5, 5.41) is 3.27. The smallest absolute Gasteiger partial charge is 0.261 e. The van der Waals surface area contributed by atoms with E-state index in [1.165, 1.54) is 49.9 Å². The largest absolute Gasteiger partial charge is 0.481 e. The summed E-state index contributed by atoms with van der Waals surface area (Å²) < 4.78 is 6.05. The number of carbonyl (C=O) groups is 1. The zero-order valence-corrected chi connectivity index (χ0v) is 14.6. The molecule has 4 aliphatic rings. The van der Waals surface area contributed by atoms with E-state index < -0.39 is 0 Å². The standard InChI is InChI=1S/C20H28N2O2/c1-2-19(24-17-7-6-14-4-3-5-16(14)12-17)20(23)21-18-13-22-10-8-15(18)9-11-22/h6-7,12,15,18-19H,2-5,8-11,13H2,1H3,(H,21,23). The molecule has 2 unspecified atom stereocenters. The van der Waals surface area contributed by atoms with Crippen molar-refractivity contribution in [1.29, 1.82) is 0 Å². The summed E-state index contributed by atoms with van der Waals surface area (Å²) >= 11 is 0. The van der Waals surface area contributed by atoms with E-state index in [-0.39, 0.29) is 12.0 Å². The summed E-state index contributed by atoms with van der Waals surface area (Å²) in [5.74, 6) is 1.54. The van der Waals surface area contributed by atoms with Gasteiger partial charge in [0.15, 0.2) is 6.10 Å². The number of fused-ring (bicyclic) bond motifs is 4. The zero-order chi connectivity index (χ0) is 16.5. The molecule has 4 heteroatoms. The number of carbonyl (C=O) groups excluding carboxylic acids is 1. The maximum atomic E-state index is 12.7. The van der Waals surface area contributed by atoms with Crippen LogP contribution in [0.5, 0.6) is 5.75 Å². The molecule has 5 rings (SSSR count). The molecule has 24 heavy (non-hydrogen) atoms. The van der Waals surface area contributed by atoms with Crippen LogP contribution in [-0.4, -0.2) is 42.6 Å². The first kappa shape index (κ1) is 15.9. The first-order valence-electron chi connectivity index (χ1n) is 9.54. The lowest BCUT2D eigenvalue weighted by molar-refractivity contribution is -0.130. The molecule has 4 nitrogen and oxygen atoms in total. The van der Waals surface area contributed by atoms with Crippen LogP contribution in [0.25, 0.3) is 0 Å². The van der Waals surface area contributed by atoms with Gasteiger partial charge >= 0.3 is 0 Å². The minimum absolute atomic E-state index is 0.0525. The summed E-state index contributed by atoms with van der Waals surface area (Å²) in [6.45, 7) is 5.42. The second-order valence-corrected chi connectivity index (χ2v) is 7.55. The monoisotopic (exact) mass is 328 g/mol. The molecule has 3 saturated heterocycles. The van der Waals surface area contributed by atoms with Crippen molar-refractivity contribution >= 4 is 5.91 Å². The molecular weight excluding hydrogens is 300 g/mol. The van der Waals surface area contributed by atoms with E-state index in [4.69, 9.17) is 4.74 Å². The number of amides is 1. The first-order chi connectivity index (χ1) is 11.7. The van der Waals surface area contributed by atoms with Crippen LogP contribution in [0.15, 0.2) is 18.2 Å². The Morgan fingerprint density at radius 1 is 1.29 bits per heavy atom. The fraction of sp³-hybridized carbons (Fsp3) is 0.650. The molecule has 0 spiro atoms. The number of ether oxygens (including phenoxy) is 1. The number of nitrogens with zero attached hydrogens (tertiary/aromatic N) is 1. The second-order valence-electron chi connectivity index (χ2n) is 7.55. The summed E-state index contributed by atoms with van der Waals surface area (Å²) in [4.78, 5) is 15.2. The lowest BCUT2D eigenvalue weighted by atomic mass is 9.84. The van der Waals surface area contributed by atoms with E-state index in [0.29, 0.717) is 18.4 Å². The molecule has 0 radical (unpaired) electrons. The molecule has 2 bridgehead atoms. The Morgan fingerprint density at radius 3 is 2.79 bits per heavy atom. The highest BCUT2D eigenvalue weighted by Crippen LogP contribution is 2.29. The molecule has 3 fully saturated rings. The molecule has 3 aliphatic heterocycles. The molecule has 0 saturated carbocycles. The number of nitrogens with one attached hydrogen (secondary N) is 1. The van der Waals surface area contributed by atoms with Gasteiger partial charge in [-0.1, -0.05) is 13.0 Å². The predicted octanol–water partition coefficient (Wildman–Crippen LogP) is 2.54. The number of aryl methyl sites for hydroxylation is 2. The van der Waals surface area contributed by atoms with Gasteiger partial charge < -0.3 is 15.0 Å². The van der Waals surface area contributed by atoms with Crippen molar-refractivity contribution < 1.29 is 9.53 Å². The van der Waals surface area contributed by atoms with Gasteiger partial charge in [0.25, 0.3) is 5.91 Å². The Morgan fingerprint density at radius 2 is 2.08 bits per heavy atom. The Kier molecular flexibility index (Phi) is 4.49. The van der Waals surface area contributed by atoms with Crippen molar-refractivity contribution in [3.05, 3.63) is 29.3 Å². The van der Waals surface area contributed by atoms with E-state index in [0.717, 1.165) is 18.7 Å². The van der Waals surface area contributed by atoms with Crippen molar-refractivity contribution in [3.63, 3.8) is 0 Å².